The Bertz CT molecular complexity index is 1530. The van der Waals surface area contributed by atoms with Crippen LogP contribution >= 0.6 is 11.3 Å². The topological polar surface area (TPSA) is 159 Å². The maximum Gasteiger partial charge on any atom is 0.313 e. The molecule has 4 N–H and O–H groups in total. The number of piperidine rings is 1. The van der Waals surface area contributed by atoms with Crippen LogP contribution in [0.2, 0.25) is 0 Å². The van der Waals surface area contributed by atoms with E-state index in [4.69, 9.17) is 14.5 Å². The van der Waals surface area contributed by atoms with Crippen LogP contribution in [0.1, 0.15) is 132 Å². The van der Waals surface area contributed by atoms with Crippen LogP contribution in [0.5, 0.6) is 5.75 Å². The number of phenolic OH excluding ortho intramolecular Hbond substituents is 1. The summed E-state index contributed by atoms with van der Waals surface area (Å²) >= 11 is 1.36. The number of carbonyl (C=O) groups is 4. The third-order valence-corrected chi connectivity index (χ3v) is 11.6. The molecule has 1 saturated heterocycles. The van der Waals surface area contributed by atoms with E-state index in [0.717, 1.165) is 50.6 Å². The SMILES string of the molecule is CCCOC(CC(C(C)C)N(CCC)C(=O)C(NC(=O)C1CCCCN1)C(C)CC)c1nc(C(=O)NC2Cc3ccc(O)cc3C(C(=O)OC)C2)cs1. The smallest absolute Gasteiger partial charge is 0.313 e. The Kier molecular flexibility index (Phi) is 16.1. The van der Waals surface area contributed by atoms with Crippen LogP contribution in [0.4, 0.5) is 0 Å². The van der Waals surface area contributed by atoms with Crippen molar-refractivity contribution in [1.29, 1.82) is 0 Å². The summed E-state index contributed by atoms with van der Waals surface area (Å²) in [5, 5.41) is 22.0. The average molecular weight is 756 g/mol. The zero-order valence-corrected chi connectivity index (χ0v) is 33.4. The number of esters is 1. The lowest BCUT2D eigenvalue weighted by Crippen LogP contribution is -2.58. The average Bonchev–Trinajstić information content (AvgIpc) is 3.66. The van der Waals surface area contributed by atoms with E-state index in [1.54, 1.807) is 23.6 Å². The molecule has 294 valence electrons. The number of amides is 3. The number of methoxy groups -OCH3 is 1. The van der Waals surface area contributed by atoms with Crippen molar-refractivity contribution in [1.82, 2.24) is 25.8 Å². The van der Waals surface area contributed by atoms with Crippen molar-refractivity contribution in [3.8, 4) is 5.75 Å². The summed E-state index contributed by atoms with van der Waals surface area (Å²) in [4.78, 5) is 60.9. The summed E-state index contributed by atoms with van der Waals surface area (Å²) in [6.07, 6.45) is 5.95. The van der Waals surface area contributed by atoms with E-state index in [-0.39, 0.29) is 59.1 Å². The van der Waals surface area contributed by atoms with E-state index < -0.39 is 24.0 Å². The highest BCUT2D eigenvalue weighted by Crippen LogP contribution is 2.36. The van der Waals surface area contributed by atoms with E-state index in [2.05, 4.69) is 36.7 Å². The van der Waals surface area contributed by atoms with Gasteiger partial charge in [-0.15, -0.1) is 11.3 Å². The number of nitrogens with zero attached hydrogens (tertiary/aromatic N) is 2. The summed E-state index contributed by atoms with van der Waals surface area (Å²) in [5.41, 5.74) is 1.84. The molecular formula is C40H61N5O7S. The minimum Gasteiger partial charge on any atom is -0.508 e. The number of thiazole rings is 1. The predicted molar refractivity (Wildman–Crippen MR) is 206 cm³/mol. The first-order valence-corrected chi connectivity index (χ1v) is 20.4. The van der Waals surface area contributed by atoms with Crippen molar-refractivity contribution in [2.45, 2.75) is 136 Å². The summed E-state index contributed by atoms with van der Waals surface area (Å²) in [6.45, 7) is 14.2. The Morgan fingerprint density at radius 1 is 1.11 bits per heavy atom. The van der Waals surface area contributed by atoms with Crippen molar-refractivity contribution in [2.75, 3.05) is 26.8 Å². The highest BCUT2D eigenvalue weighted by molar-refractivity contribution is 7.09. The summed E-state index contributed by atoms with van der Waals surface area (Å²) in [6, 6.07) is 3.46. The zero-order chi connectivity index (χ0) is 38.7. The molecule has 7 unspecified atom stereocenters. The number of hydrogen-bond donors (Lipinski definition) is 4. The van der Waals surface area contributed by atoms with Crippen molar-refractivity contribution in [3.05, 3.63) is 45.4 Å². The molecule has 1 aliphatic carbocycles. The van der Waals surface area contributed by atoms with E-state index in [1.165, 1.54) is 18.4 Å². The summed E-state index contributed by atoms with van der Waals surface area (Å²) in [5.74, 6) is -1.47. The fraction of sp³-hybridized carbons (Fsp3) is 0.675. The first-order valence-electron chi connectivity index (χ1n) is 19.5. The third kappa shape index (κ3) is 11.0. The second kappa shape index (κ2) is 20.2. The number of aromatic hydroxyl groups is 1. The molecule has 12 nitrogen and oxygen atoms in total. The van der Waals surface area contributed by atoms with Gasteiger partial charge in [0.1, 0.15) is 28.6 Å². The van der Waals surface area contributed by atoms with Gasteiger partial charge in [0.25, 0.3) is 5.91 Å². The minimum absolute atomic E-state index is 0.0536. The first kappa shape index (κ1) is 42.2. The molecule has 0 bridgehead atoms. The second-order valence-electron chi connectivity index (χ2n) is 15.0. The minimum atomic E-state index is -0.648. The molecule has 0 saturated carbocycles. The van der Waals surface area contributed by atoms with Crippen molar-refractivity contribution >= 4 is 35.0 Å². The Morgan fingerprint density at radius 2 is 1.89 bits per heavy atom. The molecule has 1 aliphatic heterocycles. The quantitative estimate of drug-likeness (QED) is 0.141. The number of ether oxygens (including phenoxy) is 2. The summed E-state index contributed by atoms with van der Waals surface area (Å²) in [7, 11) is 1.33. The lowest BCUT2D eigenvalue weighted by Gasteiger charge is -2.39. The van der Waals surface area contributed by atoms with Crippen molar-refractivity contribution < 1.29 is 33.8 Å². The molecule has 1 aromatic heterocycles. The Morgan fingerprint density at radius 3 is 2.53 bits per heavy atom. The normalized spacial score (nSPS) is 20.8. The monoisotopic (exact) mass is 755 g/mol. The Hall–Kier alpha value is -3.55. The van der Waals surface area contributed by atoms with Crippen LogP contribution in [-0.4, -0.2) is 89.7 Å². The van der Waals surface area contributed by atoms with Gasteiger partial charge in [0.2, 0.25) is 11.8 Å². The van der Waals surface area contributed by atoms with E-state index in [9.17, 15) is 24.3 Å². The van der Waals surface area contributed by atoms with Gasteiger partial charge in [-0.05, 0) is 80.2 Å². The molecule has 3 amide bonds. The van der Waals surface area contributed by atoms with Gasteiger partial charge in [0.05, 0.1) is 19.1 Å². The maximum atomic E-state index is 14.5. The molecule has 0 radical (unpaired) electrons. The Labute approximate surface area is 319 Å². The number of phenols is 1. The number of aromatic nitrogens is 1. The molecule has 1 aromatic carbocycles. The molecule has 53 heavy (non-hydrogen) atoms. The van der Waals surface area contributed by atoms with Gasteiger partial charge in [0, 0.05) is 37.0 Å². The molecule has 13 heteroatoms. The number of rotatable bonds is 18. The van der Waals surface area contributed by atoms with Crippen LogP contribution in [0, 0.1) is 11.8 Å². The fourth-order valence-corrected chi connectivity index (χ4v) is 8.34. The zero-order valence-electron chi connectivity index (χ0n) is 32.6. The lowest BCUT2D eigenvalue weighted by atomic mass is 9.80. The van der Waals surface area contributed by atoms with E-state index in [1.807, 2.05) is 25.7 Å². The standard InChI is InChI=1S/C40H61N5O7S/c1-8-17-45(39(49)35(25(6)10-3)44-36(47)31-13-11-12-16-41-31)33(24(4)5)22-34(52-18-9-2)38-43-32(23-53-38)37(48)42-27-19-26-14-15-28(46)21-29(26)30(20-27)40(50)51-7/h14-15,21,23-25,27,30-31,33-35,41,46H,8-13,16-20,22H2,1-7H3,(H,42,48)(H,44,47). The lowest BCUT2D eigenvalue weighted by molar-refractivity contribution is -0.143. The van der Waals surface area contributed by atoms with Crippen molar-refractivity contribution in [2.24, 2.45) is 11.8 Å². The van der Waals surface area contributed by atoms with Gasteiger partial charge >= 0.3 is 5.97 Å². The predicted octanol–water partition coefficient (Wildman–Crippen LogP) is 5.64. The van der Waals surface area contributed by atoms with Crippen LogP contribution in [-0.2, 0) is 30.3 Å². The number of benzene rings is 1. The summed E-state index contributed by atoms with van der Waals surface area (Å²) < 4.78 is 11.5. The largest absolute Gasteiger partial charge is 0.508 e. The highest BCUT2D eigenvalue weighted by atomic mass is 32.1. The third-order valence-electron chi connectivity index (χ3n) is 10.6. The number of carbonyl (C=O) groups excluding carboxylic acids is 4. The number of fused-ring (bicyclic) bond motifs is 1. The van der Waals surface area contributed by atoms with E-state index in [0.29, 0.717) is 43.0 Å². The Balaban J connectivity index is 1.53. The molecule has 7 atom stereocenters. The van der Waals surface area contributed by atoms with E-state index >= 15 is 0 Å². The molecule has 4 rings (SSSR count). The second-order valence-corrected chi connectivity index (χ2v) is 15.8. The van der Waals surface area contributed by atoms with Gasteiger partial charge in [-0.3, -0.25) is 19.2 Å². The molecule has 2 heterocycles. The van der Waals surface area contributed by atoms with Gasteiger partial charge in [-0.2, -0.15) is 0 Å². The fourth-order valence-electron chi connectivity index (χ4n) is 7.48. The van der Waals surface area contributed by atoms with Crippen LogP contribution < -0.4 is 16.0 Å². The number of hydrogen-bond acceptors (Lipinski definition) is 10. The van der Waals surface area contributed by atoms with Crippen LogP contribution in [0.25, 0.3) is 0 Å². The van der Waals surface area contributed by atoms with Gasteiger partial charge < -0.3 is 35.4 Å². The van der Waals surface area contributed by atoms with Gasteiger partial charge in [-0.1, -0.05) is 60.5 Å². The first-order chi connectivity index (χ1) is 25.4. The van der Waals surface area contributed by atoms with Crippen LogP contribution in [0.3, 0.4) is 0 Å². The molecule has 1 fully saturated rings. The number of nitrogens with one attached hydrogen (secondary N) is 3. The molecule has 2 aliphatic rings. The molecular weight excluding hydrogens is 695 g/mol. The van der Waals surface area contributed by atoms with Gasteiger partial charge in [0.15, 0.2) is 0 Å². The van der Waals surface area contributed by atoms with Gasteiger partial charge in [-0.25, -0.2) is 4.98 Å². The highest BCUT2D eigenvalue weighted by Gasteiger charge is 2.38. The molecule has 2 aromatic rings. The van der Waals surface area contributed by atoms with Crippen LogP contribution in [0.15, 0.2) is 23.6 Å². The maximum absolute atomic E-state index is 14.5. The molecule has 0 spiro atoms. The van der Waals surface area contributed by atoms with Crippen molar-refractivity contribution in [3.63, 3.8) is 0 Å².